The molecule has 0 atom stereocenters. The van der Waals surface area contributed by atoms with Gasteiger partial charge in [0.1, 0.15) is 6.54 Å². The minimum Gasteiger partial charge on any atom is -0.289 e. The molecule has 0 aromatic heterocycles. The lowest BCUT2D eigenvalue weighted by Crippen LogP contribution is -2.30. The molecule has 0 bridgehead atoms. The number of nitrogens with two attached hydrogens (primary N) is 1. The van der Waals surface area contributed by atoms with Crippen molar-refractivity contribution in [3.05, 3.63) is 0 Å². The highest BCUT2D eigenvalue weighted by molar-refractivity contribution is 5.59. The van der Waals surface area contributed by atoms with Crippen molar-refractivity contribution in [1.82, 2.24) is 5.01 Å². The van der Waals surface area contributed by atoms with Crippen molar-refractivity contribution in [2.24, 2.45) is 5.84 Å². The van der Waals surface area contributed by atoms with E-state index in [2.05, 4.69) is 0 Å². The van der Waals surface area contributed by atoms with Crippen LogP contribution in [0.15, 0.2) is 0 Å². The van der Waals surface area contributed by atoms with Crippen LogP contribution in [0.4, 0.5) is 0 Å². The molecule has 0 aliphatic heterocycles. The molecule has 1 amide bonds. The van der Waals surface area contributed by atoms with Gasteiger partial charge in [-0.3, -0.25) is 14.6 Å². The lowest BCUT2D eigenvalue weighted by Gasteiger charge is -2.00. The summed E-state index contributed by atoms with van der Waals surface area (Å²) in [5, 5.41) is 0.701. The van der Waals surface area contributed by atoms with Crippen LogP contribution in [0.5, 0.6) is 0 Å². The molecule has 0 spiro atoms. The van der Waals surface area contributed by atoms with E-state index >= 15 is 0 Å². The van der Waals surface area contributed by atoms with Crippen molar-refractivity contribution in [3.63, 3.8) is 0 Å². The Bertz CT molecular complexity index is 73.3. The molecular formula is C3H5N2O2. The molecule has 1 radical (unpaired) electrons. The van der Waals surface area contributed by atoms with Gasteiger partial charge in [-0.05, 0) is 0 Å². The van der Waals surface area contributed by atoms with Crippen LogP contribution in [0, 0.1) is 0 Å². The molecule has 2 N–H and O–H groups in total. The smallest absolute Gasteiger partial charge is 0.224 e. The molecule has 4 heteroatoms. The lowest BCUT2D eigenvalue weighted by atomic mass is 10.7. The summed E-state index contributed by atoms with van der Waals surface area (Å²) < 4.78 is 0. The molecular weight excluding hydrogens is 96.0 g/mol. The Balaban J connectivity index is 3.15. The Hall–Kier alpha value is -0.900. The number of hydrogen-bond acceptors (Lipinski definition) is 3. The van der Waals surface area contributed by atoms with Gasteiger partial charge in [-0.15, -0.1) is 0 Å². The lowest BCUT2D eigenvalue weighted by molar-refractivity contribution is -0.117. The van der Waals surface area contributed by atoms with E-state index < -0.39 is 0 Å². The zero-order valence-corrected chi connectivity index (χ0v) is 3.63. The predicted molar refractivity (Wildman–Crippen MR) is 22.7 cm³/mol. The molecule has 4 nitrogen and oxygen atoms in total. The van der Waals surface area contributed by atoms with Crippen LogP contribution < -0.4 is 5.84 Å². The second kappa shape index (κ2) is 3.30. The zero-order chi connectivity index (χ0) is 5.70. The topological polar surface area (TPSA) is 63.4 Å². The minimum absolute atomic E-state index is 0.163. The summed E-state index contributed by atoms with van der Waals surface area (Å²) >= 11 is 0. The Morgan fingerprint density at radius 1 is 1.86 bits per heavy atom. The van der Waals surface area contributed by atoms with Gasteiger partial charge in [0.2, 0.25) is 12.7 Å². The van der Waals surface area contributed by atoms with Crippen molar-refractivity contribution in [2.45, 2.75) is 0 Å². The van der Waals surface area contributed by atoms with E-state index in [9.17, 15) is 9.59 Å². The maximum Gasteiger partial charge on any atom is 0.224 e. The number of hydrazine groups is 1. The van der Waals surface area contributed by atoms with Crippen molar-refractivity contribution < 1.29 is 9.59 Å². The minimum atomic E-state index is -0.163. The third kappa shape index (κ3) is 2.92. The first-order valence-electron chi connectivity index (χ1n) is 1.63. The van der Waals surface area contributed by atoms with Gasteiger partial charge < -0.3 is 0 Å². The monoisotopic (exact) mass is 101 g/mol. The Labute approximate surface area is 40.9 Å². The van der Waals surface area contributed by atoms with Gasteiger partial charge in [-0.25, -0.2) is 5.84 Å². The van der Waals surface area contributed by atoms with E-state index in [1.165, 1.54) is 6.29 Å². The average molecular weight is 101 g/mol. The molecule has 39 valence electrons. The average Bonchev–Trinajstić information content (AvgIpc) is 1.68. The third-order valence-corrected chi connectivity index (χ3v) is 0.383. The van der Waals surface area contributed by atoms with Gasteiger partial charge in [0.15, 0.2) is 0 Å². The summed E-state index contributed by atoms with van der Waals surface area (Å²) in [6.07, 6.45) is 1.79. The van der Waals surface area contributed by atoms with E-state index in [4.69, 9.17) is 5.84 Å². The largest absolute Gasteiger partial charge is 0.289 e. The van der Waals surface area contributed by atoms with Gasteiger partial charge >= 0.3 is 0 Å². The van der Waals surface area contributed by atoms with Crippen molar-refractivity contribution in [2.75, 3.05) is 6.54 Å². The quantitative estimate of drug-likeness (QED) is 0.202. The molecule has 7 heavy (non-hydrogen) atoms. The standard InChI is InChI=1S/C3H5N2O2/c4-5(3-7)1-2-6/h3H,1,4H2. The Kier molecular flexibility index (Phi) is 2.87. The maximum atomic E-state index is 9.52. The SMILES string of the molecule is NN(C=O)C[C]=O. The van der Waals surface area contributed by atoms with Crippen LogP contribution in [0.2, 0.25) is 0 Å². The summed E-state index contributed by atoms with van der Waals surface area (Å²) in [5.74, 6) is 4.79. The van der Waals surface area contributed by atoms with Gasteiger partial charge in [0.05, 0.1) is 0 Å². The maximum absolute atomic E-state index is 9.52. The number of nitrogens with zero attached hydrogens (tertiary/aromatic N) is 1. The van der Waals surface area contributed by atoms with Gasteiger partial charge in [0.25, 0.3) is 0 Å². The molecule has 0 aromatic carbocycles. The number of rotatable bonds is 3. The van der Waals surface area contributed by atoms with E-state index in [1.54, 1.807) is 0 Å². The highest BCUT2D eigenvalue weighted by atomic mass is 16.1. The van der Waals surface area contributed by atoms with E-state index in [0.29, 0.717) is 11.4 Å². The Morgan fingerprint density at radius 2 is 2.43 bits per heavy atom. The highest BCUT2D eigenvalue weighted by Gasteiger charge is 1.87. The van der Waals surface area contributed by atoms with Crippen molar-refractivity contribution in [3.8, 4) is 0 Å². The summed E-state index contributed by atoms with van der Waals surface area (Å²) in [4.78, 5) is 18.9. The number of amides is 1. The van der Waals surface area contributed by atoms with Gasteiger partial charge in [-0.2, -0.15) is 0 Å². The summed E-state index contributed by atoms with van der Waals surface area (Å²) in [7, 11) is 0. The number of carbonyl (C=O) groups excluding carboxylic acids is 2. The van der Waals surface area contributed by atoms with Crippen LogP contribution in [0.3, 0.4) is 0 Å². The fourth-order valence-electron chi connectivity index (χ4n) is 0.112. The summed E-state index contributed by atoms with van der Waals surface area (Å²) in [6.45, 7) is -0.163. The first kappa shape index (κ1) is 6.10. The first-order valence-corrected chi connectivity index (χ1v) is 1.63. The van der Waals surface area contributed by atoms with Crippen LogP contribution in [-0.4, -0.2) is 24.2 Å². The fraction of sp³-hybridized carbons (Fsp3) is 0.333. The van der Waals surface area contributed by atoms with Gasteiger partial charge in [-0.1, -0.05) is 0 Å². The third-order valence-electron chi connectivity index (χ3n) is 0.383. The number of carbonyl (C=O) groups is 1. The molecule has 0 unspecified atom stereocenters. The van der Waals surface area contributed by atoms with Crippen LogP contribution in [0.1, 0.15) is 0 Å². The zero-order valence-electron chi connectivity index (χ0n) is 3.63. The molecule has 0 saturated heterocycles. The molecule has 0 heterocycles. The molecule has 0 aromatic rings. The second-order valence-electron chi connectivity index (χ2n) is 0.922. The summed E-state index contributed by atoms with van der Waals surface area (Å²) in [6, 6.07) is 0. The number of hydrogen-bond donors (Lipinski definition) is 1. The van der Waals surface area contributed by atoms with E-state index in [0.717, 1.165) is 0 Å². The molecule has 0 saturated carbocycles. The first-order chi connectivity index (χ1) is 3.31. The molecule has 0 aliphatic carbocycles. The van der Waals surface area contributed by atoms with Crippen molar-refractivity contribution in [1.29, 1.82) is 0 Å². The van der Waals surface area contributed by atoms with Crippen molar-refractivity contribution >= 4 is 12.7 Å². The van der Waals surface area contributed by atoms with Crippen LogP contribution in [0.25, 0.3) is 0 Å². The molecule has 0 fully saturated rings. The molecule has 0 rings (SSSR count). The highest BCUT2D eigenvalue weighted by Crippen LogP contribution is 1.58. The van der Waals surface area contributed by atoms with E-state index in [-0.39, 0.29) is 6.54 Å². The summed E-state index contributed by atoms with van der Waals surface area (Å²) in [5.41, 5.74) is 0. The Morgan fingerprint density at radius 3 is 2.57 bits per heavy atom. The van der Waals surface area contributed by atoms with Crippen LogP contribution >= 0.6 is 0 Å². The second-order valence-corrected chi connectivity index (χ2v) is 0.922. The van der Waals surface area contributed by atoms with Crippen LogP contribution in [-0.2, 0) is 9.59 Å². The molecule has 0 aliphatic rings. The fourth-order valence-corrected chi connectivity index (χ4v) is 0.112. The normalized spacial score (nSPS) is 7.57. The van der Waals surface area contributed by atoms with Gasteiger partial charge in [0, 0.05) is 0 Å². The predicted octanol–water partition coefficient (Wildman–Crippen LogP) is -1.57. The van der Waals surface area contributed by atoms with E-state index in [1.807, 2.05) is 0 Å².